The zero-order chi connectivity index (χ0) is 13.2. The van der Waals surface area contributed by atoms with Gasteiger partial charge in [-0.3, -0.25) is 0 Å². The van der Waals surface area contributed by atoms with Gasteiger partial charge in [0, 0.05) is 27.7 Å². The lowest BCUT2D eigenvalue weighted by atomic mass is 9.80. The molecule has 0 bridgehead atoms. The first kappa shape index (κ1) is 13.6. The van der Waals surface area contributed by atoms with Crippen molar-refractivity contribution in [2.75, 3.05) is 13.1 Å². The number of benzene rings is 1. The van der Waals surface area contributed by atoms with Crippen LogP contribution in [0.4, 0.5) is 0 Å². The van der Waals surface area contributed by atoms with Gasteiger partial charge in [-0.05, 0) is 40.5 Å². The lowest BCUT2D eigenvalue weighted by Crippen LogP contribution is -2.33. The molecule has 1 saturated heterocycles. The summed E-state index contributed by atoms with van der Waals surface area (Å²) in [6, 6.07) is 13.0. The third-order valence-corrected chi connectivity index (χ3v) is 6.35. The van der Waals surface area contributed by atoms with Gasteiger partial charge in [-0.15, -0.1) is 11.3 Å². The third kappa shape index (κ3) is 2.89. The first-order valence-electron chi connectivity index (χ1n) is 6.46. The second-order valence-electron chi connectivity index (χ2n) is 4.89. The van der Waals surface area contributed by atoms with E-state index in [0.717, 1.165) is 21.9 Å². The van der Waals surface area contributed by atoms with E-state index in [1.165, 1.54) is 16.9 Å². The number of rotatable bonds is 2. The lowest BCUT2D eigenvalue weighted by molar-refractivity contribution is 0.408. The van der Waals surface area contributed by atoms with Gasteiger partial charge in [0.15, 0.2) is 0 Å². The largest absolute Gasteiger partial charge is 0.316 e. The summed E-state index contributed by atoms with van der Waals surface area (Å²) in [5, 5.41) is 3.51. The van der Waals surface area contributed by atoms with Gasteiger partial charge >= 0.3 is 0 Å². The highest BCUT2D eigenvalue weighted by atomic mass is 79.9. The highest BCUT2D eigenvalue weighted by Gasteiger charge is 2.29. The molecule has 2 unspecified atom stereocenters. The highest BCUT2D eigenvalue weighted by Crippen LogP contribution is 2.43. The van der Waals surface area contributed by atoms with E-state index >= 15 is 0 Å². The first-order valence-corrected chi connectivity index (χ1v) is 8.45. The number of piperidine rings is 1. The predicted molar refractivity (Wildman–Crippen MR) is 86.4 cm³/mol. The Morgan fingerprint density at radius 1 is 1.21 bits per heavy atom. The van der Waals surface area contributed by atoms with Crippen LogP contribution >= 0.6 is 38.9 Å². The van der Waals surface area contributed by atoms with Crippen molar-refractivity contribution in [1.82, 2.24) is 5.32 Å². The highest BCUT2D eigenvalue weighted by molar-refractivity contribution is 9.10. The van der Waals surface area contributed by atoms with Crippen molar-refractivity contribution in [2.24, 2.45) is 0 Å². The van der Waals surface area contributed by atoms with E-state index in [0.29, 0.717) is 11.8 Å². The summed E-state index contributed by atoms with van der Waals surface area (Å²) in [5.41, 5.74) is 1.42. The molecule has 1 N–H and O–H groups in total. The molecule has 1 nitrogen and oxygen atoms in total. The van der Waals surface area contributed by atoms with Crippen LogP contribution < -0.4 is 5.32 Å². The summed E-state index contributed by atoms with van der Waals surface area (Å²) < 4.78 is 1.89. The number of nitrogens with one attached hydrogen (secondary N) is 1. The van der Waals surface area contributed by atoms with Crippen molar-refractivity contribution >= 4 is 38.9 Å². The quantitative estimate of drug-likeness (QED) is 0.796. The molecule has 1 aliphatic heterocycles. The van der Waals surface area contributed by atoms with E-state index in [4.69, 9.17) is 11.6 Å². The van der Waals surface area contributed by atoms with Crippen LogP contribution in [-0.4, -0.2) is 13.1 Å². The topological polar surface area (TPSA) is 12.0 Å². The molecule has 1 aliphatic rings. The standard InChI is InChI=1S/C15H15BrClNS/c16-13-8-14(19-15(13)17)11-6-7-18-9-12(11)10-4-2-1-3-5-10/h1-5,8,11-12,18H,6-7,9H2. The zero-order valence-corrected chi connectivity index (χ0v) is 13.6. The van der Waals surface area contributed by atoms with Crippen LogP contribution in [0.25, 0.3) is 0 Å². The Morgan fingerprint density at radius 2 is 2.00 bits per heavy atom. The molecule has 4 heteroatoms. The molecule has 2 atom stereocenters. The van der Waals surface area contributed by atoms with Gasteiger partial charge in [0.05, 0.1) is 0 Å². The minimum absolute atomic E-state index is 0.538. The van der Waals surface area contributed by atoms with E-state index in [9.17, 15) is 0 Å². The van der Waals surface area contributed by atoms with Gasteiger partial charge in [-0.2, -0.15) is 0 Å². The molecule has 0 amide bonds. The van der Waals surface area contributed by atoms with Crippen LogP contribution in [0.2, 0.25) is 4.34 Å². The van der Waals surface area contributed by atoms with Gasteiger partial charge in [-0.1, -0.05) is 41.9 Å². The fourth-order valence-electron chi connectivity index (χ4n) is 2.80. The molecule has 0 spiro atoms. The Balaban J connectivity index is 1.93. The molecule has 2 heterocycles. The Bertz CT molecular complexity index is 535. The molecular weight excluding hydrogens is 342 g/mol. The minimum Gasteiger partial charge on any atom is -0.316 e. The summed E-state index contributed by atoms with van der Waals surface area (Å²) in [5.74, 6) is 1.11. The van der Waals surface area contributed by atoms with Crippen molar-refractivity contribution < 1.29 is 0 Å². The van der Waals surface area contributed by atoms with Crippen LogP contribution in [-0.2, 0) is 0 Å². The van der Waals surface area contributed by atoms with Gasteiger partial charge in [-0.25, -0.2) is 0 Å². The molecule has 19 heavy (non-hydrogen) atoms. The predicted octanol–water partition coefficient (Wildman–Crippen LogP) is 5.02. The normalized spacial score (nSPS) is 23.5. The molecular formula is C15H15BrClNS. The van der Waals surface area contributed by atoms with Gasteiger partial charge in [0.2, 0.25) is 0 Å². The van der Waals surface area contributed by atoms with Crippen LogP contribution in [0.1, 0.15) is 28.7 Å². The second-order valence-corrected chi connectivity index (χ2v) is 7.43. The van der Waals surface area contributed by atoms with Crippen molar-refractivity contribution in [1.29, 1.82) is 0 Å². The molecule has 3 rings (SSSR count). The van der Waals surface area contributed by atoms with Crippen LogP contribution in [0.3, 0.4) is 0 Å². The number of thiophene rings is 1. The van der Waals surface area contributed by atoms with Gasteiger partial charge in [0.1, 0.15) is 4.34 Å². The molecule has 0 radical (unpaired) electrons. The molecule has 1 aromatic heterocycles. The van der Waals surface area contributed by atoms with Crippen LogP contribution in [0.15, 0.2) is 40.9 Å². The molecule has 0 saturated carbocycles. The van der Waals surface area contributed by atoms with E-state index < -0.39 is 0 Å². The SMILES string of the molecule is Clc1sc(C2CCNCC2c2ccccc2)cc1Br. The monoisotopic (exact) mass is 355 g/mol. The van der Waals surface area contributed by atoms with Crippen molar-refractivity contribution in [3.63, 3.8) is 0 Å². The summed E-state index contributed by atoms with van der Waals surface area (Å²) in [6.45, 7) is 2.13. The third-order valence-electron chi connectivity index (χ3n) is 3.74. The maximum atomic E-state index is 6.20. The minimum atomic E-state index is 0.538. The summed E-state index contributed by atoms with van der Waals surface area (Å²) in [7, 11) is 0. The van der Waals surface area contributed by atoms with Gasteiger partial charge < -0.3 is 5.32 Å². The van der Waals surface area contributed by atoms with Crippen molar-refractivity contribution in [2.45, 2.75) is 18.3 Å². The Labute approximate surface area is 131 Å². The van der Waals surface area contributed by atoms with Gasteiger partial charge in [0.25, 0.3) is 0 Å². The smallest absolute Gasteiger partial charge is 0.107 e. The van der Waals surface area contributed by atoms with E-state index in [2.05, 4.69) is 57.6 Å². The number of hydrogen-bond acceptors (Lipinski definition) is 2. The van der Waals surface area contributed by atoms with Crippen LogP contribution in [0.5, 0.6) is 0 Å². The van der Waals surface area contributed by atoms with Crippen LogP contribution in [0, 0.1) is 0 Å². The van der Waals surface area contributed by atoms with E-state index in [1.54, 1.807) is 11.3 Å². The Morgan fingerprint density at radius 3 is 2.68 bits per heavy atom. The maximum Gasteiger partial charge on any atom is 0.107 e. The van der Waals surface area contributed by atoms with E-state index in [-0.39, 0.29) is 0 Å². The first-order chi connectivity index (χ1) is 9.25. The van der Waals surface area contributed by atoms with Crippen molar-refractivity contribution in [3.8, 4) is 0 Å². The second kappa shape index (κ2) is 5.96. The molecule has 100 valence electrons. The van der Waals surface area contributed by atoms with E-state index in [1.807, 2.05) is 0 Å². The Hall–Kier alpha value is -0.350. The average molecular weight is 357 g/mol. The fourth-order valence-corrected chi connectivity index (χ4v) is 4.73. The number of hydrogen-bond donors (Lipinski definition) is 1. The molecule has 2 aromatic rings. The number of halogens is 2. The lowest BCUT2D eigenvalue weighted by Gasteiger charge is -2.32. The van der Waals surface area contributed by atoms with Crippen molar-refractivity contribution in [3.05, 3.63) is 55.6 Å². The Kier molecular flexibility index (Phi) is 4.27. The molecule has 1 fully saturated rings. The zero-order valence-electron chi connectivity index (χ0n) is 10.4. The average Bonchev–Trinajstić information content (AvgIpc) is 2.80. The fraction of sp³-hybridized carbons (Fsp3) is 0.333. The summed E-state index contributed by atoms with van der Waals surface area (Å²) >= 11 is 11.4. The maximum absolute atomic E-state index is 6.20. The molecule has 1 aromatic carbocycles. The summed E-state index contributed by atoms with van der Waals surface area (Å²) in [6.07, 6.45) is 1.17. The molecule has 0 aliphatic carbocycles. The summed E-state index contributed by atoms with van der Waals surface area (Å²) in [4.78, 5) is 1.40.